The molecular formula is C22H26F6N6O7S3. The number of hydrogen-bond donors (Lipinski definition) is 2. The molecule has 0 bridgehead atoms. The molecule has 1 atom stereocenters. The van der Waals surface area contributed by atoms with Crippen LogP contribution in [-0.4, -0.2) is 102 Å². The summed E-state index contributed by atoms with van der Waals surface area (Å²) in [5, 5.41) is 20.9. The minimum atomic E-state index is -6.19. The van der Waals surface area contributed by atoms with Crippen LogP contribution in [0.4, 0.5) is 38.0 Å². The van der Waals surface area contributed by atoms with E-state index in [2.05, 4.69) is 22.6 Å². The topological polar surface area (TPSA) is 167 Å². The maximum absolute atomic E-state index is 13.6. The summed E-state index contributed by atoms with van der Waals surface area (Å²) in [7, 11) is -8.43. The molecule has 1 saturated heterocycles. The lowest BCUT2D eigenvalue weighted by molar-refractivity contribution is -0.385. The SMILES string of the molecule is CC(C)N(C[C@H]1CN(S(=O)(=O)c2cc([N+](=O)[O-])ccc2S)CCN1c1ncc(C(O)(C(F)(F)F)C(F)(F)F)cn1)S(C)(=O)=O. The highest BCUT2D eigenvalue weighted by Gasteiger charge is 2.71. The number of aromatic nitrogens is 2. The molecule has 0 radical (unpaired) electrons. The molecule has 1 aromatic heterocycles. The van der Waals surface area contributed by atoms with Crippen LogP contribution in [-0.2, 0) is 25.6 Å². The van der Waals surface area contributed by atoms with Crippen molar-refractivity contribution in [1.29, 1.82) is 0 Å². The standard InChI is InChI=1S/C22H26F6N6O7S3/c1-13(2)33(43(3,38)39)12-16-11-31(44(40,41)18-8-15(34(36)37)4-5-17(18)42)6-7-32(16)19-29-9-14(10-30-19)20(35,21(23,24)25)22(26,27)28/h4-5,8-10,13,16,35,42H,6-7,11-12H2,1-3H3/t16-/m1/s1. The molecule has 13 nitrogen and oxygen atoms in total. The number of rotatable bonds is 9. The van der Waals surface area contributed by atoms with E-state index in [1.807, 2.05) is 0 Å². The van der Waals surface area contributed by atoms with Crippen LogP contribution >= 0.6 is 12.6 Å². The fraction of sp³-hybridized carbons (Fsp3) is 0.545. The summed E-state index contributed by atoms with van der Waals surface area (Å²) >= 11 is 4.09. The Kier molecular flexibility index (Phi) is 9.89. The summed E-state index contributed by atoms with van der Waals surface area (Å²) in [6.07, 6.45) is -11.3. The summed E-state index contributed by atoms with van der Waals surface area (Å²) in [6, 6.07) is 1.10. The van der Waals surface area contributed by atoms with E-state index in [-0.39, 0.29) is 30.4 Å². The minimum Gasteiger partial charge on any atom is -0.369 e. The van der Waals surface area contributed by atoms with Gasteiger partial charge in [-0.25, -0.2) is 26.8 Å². The number of benzene rings is 1. The van der Waals surface area contributed by atoms with E-state index in [0.29, 0.717) is 0 Å². The van der Waals surface area contributed by atoms with Crippen molar-refractivity contribution in [2.24, 2.45) is 0 Å². The van der Waals surface area contributed by atoms with Crippen molar-refractivity contribution in [3.05, 3.63) is 46.3 Å². The van der Waals surface area contributed by atoms with Crippen LogP contribution in [0.25, 0.3) is 0 Å². The molecule has 2 heterocycles. The monoisotopic (exact) mass is 696 g/mol. The van der Waals surface area contributed by atoms with Crippen molar-refractivity contribution in [3.63, 3.8) is 0 Å². The third kappa shape index (κ3) is 6.88. The van der Waals surface area contributed by atoms with Gasteiger partial charge in [-0.15, -0.1) is 12.6 Å². The van der Waals surface area contributed by atoms with Gasteiger partial charge in [-0.3, -0.25) is 10.1 Å². The molecule has 0 amide bonds. The number of nitro groups is 1. The van der Waals surface area contributed by atoms with Crippen molar-refractivity contribution in [2.75, 3.05) is 37.3 Å². The Morgan fingerprint density at radius 3 is 2.09 bits per heavy atom. The number of halogens is 6. The van der Waals surface area contributed by atoms with E-state index < -0.39 is 90.2 Å². The van der Waals surface area contributed by atoms with Crippen molar-refractivity contribution in [2.45, 2.75) is 53.7 Å². The third-order valence-corrected chi connectivity index (χ3v) is 10.6. The highest BCUT2D eigenvalue weighted by Crippen LogP contribution is 2.49. The molecule has 0 saturated carbocycles. The number of thiol groups is 1. The highest BCUT2D eigenvalue weighted by atomic mass is 32.2. The average Bonchev–Trinajstić information content (AvgIpc) is 2.89. The molecule has 0 unspecified atom stereocenters. The van der Waals surface area contributed by atoms with Gasteiger partial charge in [0.25, 0.3) is 11.3 Å². The van der Waals surface area contributed by atoms with Crippen LogP contribution in [0.15, 0.2) is 40.4 Å². The van der Waals surface area contributed by atoms with E-state index in [1.165, 1.54) is 18.7 Å². The van der Waals surface area contributed by atoms with Gasteiger partial charge in [0.2, 0.25) is 26.0 Å². The summed E-state index contributed by atoms with van der Waals surface area (Å²) in [6.45, 7) is 1.38. The van der Waals surface area contributed by atoms with Crippen LogP contribution in [0.3, 0.4) is 0 Å². The van der Waals surface area contributed by atoms with Crippen LogP contribution in [0.1, 0.15) is 19.4 Å². The number of non-ortho nitro benzene ring substituents is 1. The van der Waals surface area contributed by atoms with Gasteiger partial charge >= 0.3 is 12.4 Å². The van der Waals surface area contributed by atoms with Gasteiger partial charge in [0.05, 0.1) is 17.2 Å². The van der Waals surface area contributed by atoms with Gasteiger partial charge in [-0.05, 0) is 19.9 Å². The largest absolute Gasteiger partial charge is 0.430 e. The van der Waals surface area contributed by atoms with Crippen molar-refractivity contribution < 1.29 is 53.2 Å². The number of nitro benzene ring substituents is 1. The zero-order valence-corrected chi connectivity index (χ0v) is 25.5. The molecule has 246 valence electrons. The van der Waals surface area contributed by atoms with Gasteiger partial charge in [-0.2, -0.15) is 35.0 Å². The number of nitrogens with zero attached hydrogens (tertiary/aromatic N) is 6. The van der Waals surface area contributed by atoms with Gasteiger partial charge in [0, 0.05) is 67.2 Å². The maximum Gasteiger partial charge on any atom is 0.430 e. The van der Waals surface area contributed by atoms with Crippen molar-refractivity contribution >= 4 is 44.3 Å². The van der Waals surface area contributed by atoms with Gasteiger partial charge in [-0.1, -0.05) is 0 Å². The third-order valence-electron chi connectivity index (χ3n) is 6.74. The Balaban J connectivity index is 2.07. The Hall–Kier alpha value is -2.79. The van der Waals surface area contributed by atoms with Gasteiger partial charge in [0.1, 0.15) is 4.90 Å². The quantitative estimate of drug-likeness (QED) is 0.172. The average molecular weight is 697 g/mol. The van der Waals surface area contributed by atoms with E-state index in [4.69, 9.17) is 0 Å². The molecule has 44 heavy (non-hydrogen) atoms. The second-order valence-electron chi connectivity index (χ2n) is 10.0. The van der Waals surface area contributed by atoms with Crippen molar-refractivity contribution in [3.8, 4) is 0 Å². The lowest BCUT2D eigenvalue weighted by atomic mass is 9.95. The first-order valence-corrected chi connectivity index (χ1v) is 16.1. The molecule has 3 rings (SSSR count). The molecule has 0 spiro atoms. The zero-order valence-electron chi connectivity index (χ0n) is 23.0. The molecule has 22 heteroatoms. The second kappa shape index (κ2) is 12.2. The number of hydrogen-bond acceptors (Lipinski definition) is 11. The lowest BCUT2D eigenvalue weighted by Gasteiger charge is -2.43. The van der Waals surface area contributed by atoms with Crippen LogP contribution < -0.4 is 4.90 Å². The molecule has 1 fully saturated rings. The van der Waals surface area contributed by atoms with E-state index >= 15 is 0 Å². The predicted molar refractivity (Wildman–Crippen MR) is 145 cm³/mol. The van der Waals surface area contributed by atoms with Crippen molar-refractivity contribution in [1.82, 2.24) is 18.6 Å². The second-order valence-corrected chi connectivity index (χ2v) is 14.3. The van der Waals surface area contributed by atoms with Gasteiger partial charge < -0.3 is 10.0 Å². The van der Waals surface area contributed by atoms with Crippen LogP contribution in [0.5, 0.6) is 0 Å². The summed E-state index contributed by atoms with van der Waals surface area (Å²) in [5.41, 5.74) is -7.57. The zero-order chi connectivity index (χ0) is 33.6. The maximum atomic E-state index is 13.6. The summed E-state index contributed by atoms with van der Waals surface area (Å²) in [5.74, 6) is -0.482. The van der Waals surface area contributed by atoms with Crippen LogP contribution in [0.2, 0.25) is 0 Å². The molecule has 1 aliphatic rings. The fourth-order valence-corrected chi connectivity index (χ4v) is 7.77. The minimum absolute atomic E-state index is 0.122. The molecular weight excluding hydrogens is 670 g/mol. The van der Waals surface area contributed by atoms with E-state index in [0.717, 1.165) is 33.1 Å². The number of aliphatic hydroxyl groups is 1. The first-order chi connectivity index (χ1) is 19.9. The van der Waals surface area contributed by atoms with Gasteiger partial charge in [0.15, 0.2) is 0 Å². The lowest BCUT2D eigenvalue weighted by Crippen LogP contribution is -2.60. The van der Waals surface area contributed by atoms with E-state index in [1.54, 1.807) is 0 Å². The molecule has 1 aromatic carbocycles. The first kappa shape index (κ1) is 35.7. The molecule has 1 aliphatic heterocycles. The molecule has 0 aliphatic carbocycles. The number of alkyl halides is 6. The Morgan fingerprint density at radius 1 is 1.09 bits per heavy atom. The highest BCUT2D eigenvalue weighted by molar-refractivity contribution is 7.90. The Labute approximate surface area is 253 Å². The fourth-order valence-electron chi connectivity index (χ4n) is 4.51. The molecule has 2 aromatic rings. The van der Waals surface area contributed by atoms with E-state index in [9.17, 15) is 58.4 Å². The first-order valence-electron chi connectivity index (χ1n) is 12.3. The summed E-state index contributed by atoms with van der Waals surface area (Å²) in [4.78, 5) is 18.1. The molecule has 1 N–H and O–H groups in total. The number of sulfonamides is 2. The summed E-state index contributed by atoms with van der Waals surface area (Å²) < 4.78 is 134. The van der Waals surface area contributed by atoms with Crippen LogP contribution in [0, 0.1) is 10.1 Å². The number of anilines is 1. The smallest absolute Gasteiger partial charge is 0.369 e. The Morgan fingerprint density at radius 2 is 1.64 bits per heavy atom. The number of piperazine rings is 1. The Bertz CT molecular complexity index is 1590. The normalized spacial score (nSPS) is 17.8. The predicted octanol–water partition coefficient (Wildman–Crippen LogP) is 2.54.